The molecule has 0 aliphatic carbocycles. The molecule has 0 aliphatic rings. The molecule has 0 radical (unpaired) electrons. The molecule has 0 aliphatic heterocycles. The maximum atomic E-state index is 5.67. The summed E-state index contributed by atoms with van der Waals surface area (Å²) < 4.78 is 0. The molecule has 0 unspecified atom stereocenters. The molecule has 3 nitrogen and oxygen atoms in total. The topological polar surface area (TPSA) is 37.8 Å². The predicted octanol–water partition coefficient (Wildman–Crippen LogP) is 3.11. The zero-order valence-electron chi connectivity index (χ0n) is 8.20. The molecular formula is C10H10ClN3S. The summed E-state index contributed by atoms with van der Waals surface area (Å²) >= 11 is 7.41. The molecule has 0 saturated carbocycles. The molecule has 2 aromatic rings. The van der Waals surface area contributed by atoms with E-state index >= 15 is 0 Å². The Morgan fingerprint density at radius 2 is 2.40 bits per heavy atom. The maximum Gasteiger partial charge on any atom is 0.224 e. The second kappa shape index (κ2) is 4.59. The van der Waals surface area contributed by atoms with Crippen molar-refractivity contribution in [1.29, 1.82) is 0 Å². The molecule has 78 valence electrons. The summed E-state index contributed by atoms with van der Waals surface area (Å²) in [5, 5.41) is 5.58. The zero-order chi connectivity index (χ0) is 10.7. The number of thiophene rings is 1. The number of rotatable bonds is 3. The van der Waals surface area contributed by atoms with E-state index in [9.17, 15) is 0 Å². The molecule has 0 atom stereocenters. The minimum Gasteiger partial charge on any atom is -0.365 e. The van der Waals surface area contributed by atoms with Gasteiger partial charge in [0.05, 0.1) is 6.54 Å². The van der Waals surface area contributed by atoms with Crippen molar-refractivity contribution in [3.8, 4) is 0 Å². The van der Waals surface area contributed by atoms with Crippen molar-refractivity contribution in [2.45, 2.75) is 13.5 Å². The third-order valence-corrected chi connectivity index (χ3v) is 3.09. The molecule has 15 heavy (non-hydrogen) atoms. The van der Waals surface area contributed by atoms with Crippen LogP contribution < -0.4 is 5.32 Å². The first kappa shape index (κ1) is 10.4. The molecule has 2 rings (SSSR count). The van der Waals surface area contributed by atoms with Gasteiger partial charge in [-0.2, -0.15) is 0 Å². The molecule has 0 amide bonds. The fourth-order valence-electron chi connectivity index (χ4n) is 1.19. The van der Waals surface area contributed by atoms with Crippen LogP contribution in [0.4, 0.5) is 5.82 Å². The Labute approximate surface area is 97.2 Å². The van der Waals surface area contributed by atoms with Crippen LogP contribution in [0.25, 0.3) is 0 Å². The van der Waals surface area contributed by atoms with Gasteiger partial charge in [-0.15, -0.1) is 11.3 Å². The van der Waals surface area contributed by atoms with Crippen molar-refractivity contribution in [3.05, 3.63) is 39.4 Å². The first-order valence-corrected chi connectivity index (χ1v) is 5.76. The fourth-order valence-corrected chi connectivity index (χ4v) is 2.16. The Balaban J connectivity index is 1.99. The molecule has 2 heterocycles. The molecule has 0 bridgehead atoms. The van der Waals surface area contributed by atoms with E-state index in [1.54, 1.807) is 23.6 Å². The summed E-state index contributed by atoms with van der Waals surface area (Å²) in [7, 11) is 0. The van der Waals surface area contributed by atoms with Crippen molar-refractivity contribution < 1.29 is 0 Å². The summed E-state index contributed by atoms with van der Waals surface area (Å²) in [5.74, 6) is 0.751. The SMILES string of the molecule is Cc1csc(CNc2ccnc(Cl)n2)c1. The number of hydrogen-bond acceptors (Lipinski definition) is 4. The van der Waals surface area contributed by atoms with Crippen molar-refractivity contribution in [1.82, 2.24) is 9.97 Å². The summed E-state index contributed by atoms with van der Waals surface area (Å²) in [6.07, 6.45) is 1.64. The van der Waals surface area contributed by atoms with Crippen LogP contribution in [0.5, 0.6) is 0 Å². The first-order valence-electron chi connectivity index (χ1n) is 4.50. The van der Waals surface area contributed by atoms with Gasteiger partial charge in [-0.25, -0.2) is 9.97 Å². The van der Waals surface area contributed by atoms with Crippen LogP contribution >= 0.6 is 22.9 Å². The third kappa shape index (κ3) is 2.91. The second-order valence-corrected chi connectivity index (χ2v) is 4.49. The van der Waals surface area contributed by atoms with Gasteiger partial charge in [0.15, 0.2) is 0 Å². The van der Waals surface area contributed by atoms with E-state index in [1.165, 1.54) is 10.4 Å². The number of halogens is 1. The predicted molar refractivity (Wildman–Crippen MR) is 63.4 cm³/mol. The Kier molecular flexibility index (Phi) is 3.18. The quantitative estimate of drug-likeness (QED) is 0.837. The number of aromatic nitrogens is 2. The molecule has 0 saturated heterocycles. The van der Waals surface area contributed by atoms with E-state index < -0.39 is 0 Å². The van der Waals surface area contributed by atoms with E-state index in [0.29, 0.717) is 0 Å². The van der Waals surface area contributed by atoms with Crippen LogP contribution in [0.15, 0.2) is 23.7 Å². The van der Waals surface area contributed by atoms with Gasteiger partial charge < -0.3 is 5.32 Å². The van der Waals surface area contributed by atoms with Crippen molar-refractivity contribution in [2.75, 3.05) is 5.32 Å². The fraction of sp³-hybridized carbons (Fsp3) is 0.200. The van der Waals surface area contributed by atoms with Gasteiger partial charge in [-0.05, 0) is 41.6 Å². The van der Waals surface area contributed by atoms with Gasteiger partial charge in [0.2, 0.25) is 5.28 Å². The molecular weight excluding hydrogens is 230 g/mol. The monoisotopic (exact) mass is 239 g/mol. The molecule has 0 spiro atoms. The van der Waals surface area contributed by atoms with Gasteiger partial charge in [-0.3, -0.25) is 0 Å². The third-order valence-electron chi connectivity index (χ3n) is 1.85. The highest BCUT2D eigenvalue weighted by atomic mass is 35.5. The van der Waals surface area contributed by atoms with E-state index in [2.05, 4.69) is 33.7 Å². The molecule has 0 fully saturated rings. The Morgan fingerprint density at radius 3 is 3.07 bits per heavy atom. The number of nitrogens with one attached hydrogen (secondary N) is 1. The maximum absolute atomic E-state index is 5.67. The van der Waals surface area contributed by atoms with E-state index in [0.717, 1.165) is 12.4 Å². The van der Waals surface area contributed by atoms with Crippen LogP contribution in [0.1, 0.15) is 10.4 Å². The number of aryl methyl sites for hydroxylation is 1. The van der Waals surface area contributed by atoms with Gasteiger partial charge in [0, 0.05) is 11.1 Å². The van der Waals surface area contributed by atoms with Crippen LogP contribution in [-0.4, -0.2) is 9.97 Å². The second-order valence-electron chi connectivity index (χ2n) is 3.15. The zero-order valence-corrected chi connectivity index (χ0v) is 9.77. The Hall–Kier alpha value is -1.13. The van der Waals surface area contributed by atoms with E-state index in [1.807, 2.05) is 0 Å². The smallest absolute Gasteiger partial charge is 0.224 e. The summed E-state index contributed by atoms with van der Waals surface area (Å²) in [6, 6.07) is 3.95. The van der Waals surface area contributed by atoms with Gasteiger partial charge >= 0.3 is 0 Å². The highest BCUT2D eigenvalue weighted by Gasteiger charge is 1.98. The molecule has 2 aromatic heterocycles. The summed E-state index contributed by atoms with van der Waals surface area (Å²) in [5.41, 5.74) is 1.29. The standard InChI is InChI=1S/C10H10ClN3S/c1-7-4-8(15-6-7)5-13-9-2-3-12-10(11)14-9/h2-4,6H,5H2,1H3,(H,12,13,14). The van der Waals surface area contributed by atoms with Gasteiger partial charge in [-0.1, -0.05) is 0 Å². The summed E-state index contributed by atoms with van der Waals surface area (Å²) in [6.45, 7) is 2.85. The molecule has 5 heteroatoms. The number of nitrogens with zero attached hydrogens (tertiary/aromatic N) is 2. The normalized spacial score (nSPS) is 10.3. The molecule has 1 N–H and O–H groups in total. The first-order chi connectivity index (χ1) is 7.24. The highest BCUT2D eigenvalue weighted by Crippen LogP contribution is 2.15. The average Bonchev–Trinajstić information content (AvgIpc) is 2.62. The minimum atomic E-state index is 0.266. The number of anilines is 1. The average molecular weight is 240 g/mol. The van der Waals surface area contributed by atoms with Crippen LogP contribution in [0.2, 0.25) is 5.28 Å². The lowest BCUT2D eigenvalue weighted by molar-refractivity contribution is 1.10. The highest BCUT2D eigenvalue weighted by molar-refractivity contribution is 7.10. The van der Waals surface area contributed by atoms with Gasteiger partial charge in [0.1, 0.15) is 5.82 Å². The van der Waals surface area contributed by atoms with Crippen molar-refractivity contribution in [3.63, 3.8) is 0 Å². The van der Waals surface area contributed by atoms with Crippen molar-refractivity contribution >= 4 is 28.8 Å². The van der Waals surface area contributed by atoms with Crippen LogP contribution in [-0.2, 0) is 6.54 Å². The van der Waals surface area contributed by atoms with Crippen molar-refractivity contribution in [2.24, 2.45) is 0 Å². The van der Waals surface area contributed by atoms with E-state index in [4.69, 9.17) is 11.6 Å². The Morgan fingerprint density at radius 1 is 1.53 bits per heavy atom. The lowest BCUT2D eigenvalue weighted by Crippen LogP contribution is -2.00. The minimum absolute atomic E-state index is 0.266. The molecule has 0 aromatic carbocycles. The Bertz CT molecular complexity index is 455. The number of hydrogen-bond donors (Lipinski definition) is 1. The van der Waals surface area contributed by atoms with Crippen LogP contribution in [0, 0.1) is 6.92 Å². The van der Waals surface area contributed by atoms with E-state index in [-0.39, 0.29) is 5.28 Å². The summed E-state index contributed by atoms with van der Waals surface area (Å²) in [4.78, 5) is 9.14. The van der Waals surface area contributed by atoms with Crippen LogP contribution in [0.3, 0.4) is 0 Å². The lowest BCUT2D eigenvalue weighted by Gasteiger charge is -2.02. The lowest BCUT2D eigenvalue weighted by atomic mass is 10.3. The largest absolute Gasteiger partial charge is 0.365 e. The van der Waals surface area contributed by atoms with Gasteiger partial charge in [0.25, 0.3) is 0 Å².